The minimum atomic E-state index is -0.0359. The molecule has 2 rings (SSSR count). The lowest BCUT2D eigenvalue weighted by Crippen LogP contribution is -2.20. The Labute approximate surface area is 110 Å². The van der Waals surface area contributed by atoms with E-state index in [1.165, 1.54) is 6.92 Å². The van der Waals surface area contributed by atoms with Gasteiger partial charge < -0.3 is 5.32 Å². The molecule has 0 saturated heterocycles. The van der Waals surface area contributed by atoms with Gasteiger partial charge in [0.25, 0.3) is 0 Å². The molecule has 0 atom stereocenters. The van der Waals surface area contributed by atoms with Crippen molar-refractivity contribution in [2.75, 3.05) is 6.54 Å². The number of hydrogen-bond donors (Lipinski definition) is 2. The van der Waals surface area contributed by atoms with Crippen molar-refractivity contribution in [3.05, 3.63) is 29.8 Å². The number of H-pyrrole nitrogens is 1. The standard InChI is InChI=1S/C13H13N5O/c1-10(19)14-9-3-2-4-11-5-7-12(8-6-11)13-15-17-18-16-13/h5-8H,3,9H2,1H3,(H,14,19)(H,15,16,17,18). The molecule has 0 spiro atoms. The predicted molar refractivity (Wildman–Crippen MR) is 69.8 cm³/mol. The number of amides is 1. The van der Waals surface area contributed by atoms with E-state index >= 15 is 0 Å². The zero-order valence-corrected chi connectivity index (χ0v) is 10.5. The minimum Gasteiger partial charge on any atom is -0.355 e. The molecule has 19 heavy (non-hydrogen) atoms. The van der Waals surface area contributed by atoms with Crippen molar-refractivity contribution in [2.45, 2.75) is 13.3 Å². The summed E-state index contributed by atoms with van der Waals surface area (Å²) in [5.41, 5.74) is 1.80. The highest BCUT2D eigenvalue weighted by atomic mass is 16.1. The van der Waals surface area contributed by atoms with Gasteiger partial charge in [0.2, 0.25) is 11.7 Å². The van der Waals surface area contributed by atoms with E-state index in [0.29, 0.717) is 18.8 Å². The van der Waals surface area contributed by atoms with Crippen LogP contribution in [0.25, 0.3) is 11.4 Å². The quantitative estimate of drug-likeness (QED) is 0.626. The Morgan fingerprint density at radius 2 is 2.16 bits per heavy atom. The Kier molecular flexibility index (Phi) is 4.24. The van der Waals surface area contributed by atoms with E-state index in [1.807, 2.05) is 24.3 Å². The molecule has 0 aliphatic heterocycles. The number of tetrazole rings is 1. The van der Waals surface area contributed by atoms with Crippen molar-refractivity contribution in [1.29, 1.82) is 0 Å². The molecule has 1 aromatic carbocycles. The van der Waals surface area contributed by atoms with Crippen LogP contribution in [0, 0.1) is 11.8 Å². The van der Waals surface area contributed by atoms with Gasteiger partial charge in [-0.2, -0.15) is 5.21 Å². The number of nitrogens with zero attached hydrogens (tertiary/aromatic N) is 3. The van der Waals surface area contributed by atoms with E-state index < -0.39 is 0 Å². The highest BCUT2D eigenvalue weighted by Gasteiger charge is 2.00. The molecule has 6 nitrogen and oxygen atoms in total. The second-order valence-electron chi connectivity index (χ2n) is 3.85. The summed E-state index contributed by atoms with van der Waals surface area (Å²) in [6, 6.07) is 7.58. The smallest absolute Gasteiger partial charge is 0.216 e. The van der Waals surface area contributed by atoms with Gasteiger partial charge in [-0.3, -0.25) is 4.79 Å². The molecule has 1 heterocycles. The van der Waals surface area contributed by atoms with Crippen molar-refractivity contribution in [2.24, 2.45) is 0 Å². The van der Waals surface area contributed by atoms with Crippen LogP contribution < -0.4 is 5.32 Å². The molecule has 0 unspecified atom stereocenters. The van der Waals surface area contributed by atoms with Gasteiger partial charge in [0.1, 0.15) is 0 Å². The third kappa shape index (κ3) is 3.92. The van der Waals surface area contributed by atoms with E-state index in [4.69, 9.17) is 0 Å². The highest BCUT2D eigenvalue weighted by Crippen LogP contribution is 2.13. The third-order valence-electron chi connectivity index (χ3n) is 2.35. The fourth-order valence-electron chi connectivity index (χ4n) is 1.45. The Hall–Kier alpha value is -2.68. The van der Waals surface area contributed by atoms with Crippen LogP contribution in [0.3, 0.4) is 0 Å². The topological polar surface area (TPSA) is 83.6 Å². The van der Waals surface area contributed by atoms with Crippen molar-refractivity contribution in [3.63, 3.8) is 0 Å². The molecular weight excluding hydrogens is 242 g/mol. The Balaban J connectivity index is 1.92. The second kappa shape index (κ2) is 6.31. The van der Waals surface area contributed by atoms with Crippen LogP contribution in [-0.2, 0) is 4.79 Å². The molecule has 2 N–H and O–H groups in total. The number of benzene rings is 1. The minimum absolute atomic E-state index is 0.0359. The summed E-state index contributed by atoms with van der Waals surface area (Å²) in [4.78, 5) is 10.6. The number of aromatic amines is 1. The average Bonchev–Trinajstić information content (AvgIpc) is 2.93. The van der Waals surface area contributed by atoms with Crippen LogP contribution in [0.15, 0.2) is 24.3 Å². The number of hydrogen-bond acceptors (Lipinski definition) is 4. The van der Waals surface area contributed by atoms with Gasteiger partial charge in [0.15, 0.2) is 0 Å². The monoisotopic (exact) mass is 255 g/mol. The fraction of sp³-hybridized carbons (Fsp3) is 0.231. The summed E-state index contributed by atoms with van der Waals surface area (Å²) in [6.07, 6.45) is 0.631. The first kappa shape index (κ1) is 12.8. The zero-order chi connectivity index (χ0) is 13.5. The lowest BCUT2D eigenvalue weighted by molar-refractivity contribution is -0.118. The zero-order valence-electron chi connectivity index (χ0n) is 10.5. The van der Waals surface area contributed by atoms with Gasteiger partial charge in [-0.05, 0) is 29.5 Å². The summed E-state index contributed by atoms with van der Waals surface area (Å²) >= 11 is 0. The molecule has 0 fully saturated rings. The summed E-state index contributed by atoms with van der Waals surface area (Å²) in [5.74, 6) is 6.55. The molecule has 6 heteroatoms. The fourth-order valence-corrected chi connectivity index (χ4v) is 1.45. The molecule has 2 aromatic rings. The SMILES string of the molecule is CC(=O)NCCC#Cc1ccc(-c2nn[nH]n2)cc1. The lowest BCUT2D eigenvalue weighted by atomic mass is 10.1. The van der Waals surface area contributed by atoms with Gasteiger partial charge in [-0.25, -0.2) is 0 Å². The number of aromatic nitrogens is 4. The van der Waals surface area contributed by atoms with Crippen molar-refractivity contribution < 1.29 is 4.79 Å². The maximum atomic E-state index is 10.6. The van der Waals surface area contributed by atoms with Crippen LogP contribution in [0.2, 0.25) is 0 Å². The average molecular weight is 255 g/mol. The third-order valence-corrected chi connectivity index (χ3v) is 2.35. The first-order chi connectivity index (χ1) is 9.25. The summed E-state index contributed by atoms with van der Waals surface area (Å²) in [5, 5.41) is 16.4. The lowest BCUT2D eigenvalue weighted by Gasteiger charge is -1.95. The number of carbonyl (C=O) groups is 1. The van der Waals surface area contributed by atoms with Crippen LogP contribution in [0.5, 0.6) is 0 Å². The van der Waals surface area contributed by atoms with Crippen molar-refractivity contribution in [3.8, 4) is 23.2 Å². The first-order valence-corrected chi connectivity index (χ1v) is 5.83. The molecule has 1 aromatic heterocycles. The maximum absolute atomic E-state index is 10.6. The van der Waals surface area contributed by atoms with Crippen LogP contribution in [-0.4, -0.2) is 33.1 Å². The molecule has 1 amide bonds. The molecule has 0 bridgehead atoms. The van der Waals surface area contributed by atoms with Gasteiger partial charge in [-0.15, -0.1) is 10.2 Å². The van der Waals surface area contributed by atoms with Crippen LogP contribution >= 0.6 is 0 Å². The van der Waals surface area contributed by atoms with Gasteiger partial charge in [0.05, 0.1) is 0 Å². The van der Waals surface area contributed by atoms with Gasteiger partial charge in [-0.1, -0.05) is 11.8 Å². The first-order valence-electron chi connectivity index (χ1n) is 5.83. The summed E-state index contributed by atoms with van der Waals surface area (Å²) in [7, 11) is 0. The molecule has 0 aliphatic rings. The Morgan fingerprint density at radius 3 is 2.79 bits per heavy atom. The van der Waals surface area contributed by atoms with E-state index in [9.17, 15) is 4.79 Å². The van der Waals surface area contributed by atoms with E-state index in [-0.39, 0.29) is 5.91 Å². The molecule has 0 radical (unpaired) electrons. The molecular formula is C13H13N5O. The summed E-state index contributed by atoms with van der Waals surface area (Å²) < 4.78 is 0. The van der Waals surface area contributed by atoms with E-state index in [1.54, 1.807) is 0 Å². The highest BCUT2D eigenvalue weighted by molar-refractivity contribution is 5.72. The summed E-state index contributed by atoms with van der Waals surface area (Å²) in [6.45, 7) is 2.06. The van der Waals surface area contributed by atoms with Gasteiger partial charge in [0, 0.05) is 31.0 Å². The number of rotatable bonds is 3. The van der Waals surface area contributed by atoms with Crippen molar-refractivity contribution >= 4 is 5.91 Å². The Bertz CT molecular complexity index is 592. The Morgan fingerprint density at radius 1 is 1.37 bits per heavy atom. The molecule has 96 valence electrons. The molecule has 0 aliphatic carbocycles. The second-order valence-corrected chi connectivity index (χ2v) is 3.85. The van der Waals surface area contributed by atoms with Crippen molar-refractivity contribution in [1.82, 2.24) is 25.9 Å². The largest absolute Gasteiger partial charge is 0.355 e. The van der Waals surface area contributed by atoms with Gasteiger partial charge >= 0.3 is 0 Å². The predicted octanol–water partition coefficient (Wildman–Crippen LogP) is 0.744. The molecule has 0 saturated carbocycles. The van der Waals surface area contributed by atoms with Crippen LogP contribution in [0.4, 0.5) is 0 Å². The number of nitrogens with one attached hydrogen (secondary N) is 2. The van der Waals surface area contributed by atoms with E-state index in [0.717, 1.165) is 11.1 Å². The van der Waals surface area contributed by atoms with E-state index in [2.05, 4.69) is 37.8 Å². The normalized spacial score (nSPS) is 9.53. The van der Waals surface area contributed by atoms with Crippen LogP contribution in [0.1, 0.15) is 18.9 Å². The number of carbonyl (C=O) groups excluding carboxylic acids is 1. The maximum Gasteiger partial charge on any atom is 0.216 e.